The van der Waals surface area contributed by atoms with E-state index in [1.54, 1.807) is 13.2 Å². The molecule has 0 atom stereocenters. The van der Waals surface area contributed by atoms with Crippen LogP contribution >= 0.6 is 11.6 Å². The van der Waals surface area contributed by atoms with Crippen molar-refractivity contribution in [1.29, 1.82) is 0 Å². The fraction of sp³-hybridized carbons (Fsp3) is 0.250. The lowest BCUT2D eigenvalue weighted by Gasteiger charge is -2.11. The first-order valence-electron chi connectivity index (χ1n) is 6.47. The van der Waals surface area contributed by atoms with Gasteiger partial charge in [0.05, 0.1) is 7.11 Å². The van der Waals surface area contributed by atoms with Crippen LogP contribution in [0.1, 0.15) is 11.1 Å². The number of nitrogens with two attached hydrogens (primary N) is 1. The molecule has 2 aromatic carbocycles. The van der Waals surface area contributed by atoms with Crippen LogP contribution in [0.5, 0.6) is 11.5 Å². The molecule has 0 amide bonds. The van der Waals surface area contributed by atoms with Crippen LogP contribution in [0.15, 0.2) is 42.5 Å². The summed E-state index contributed by atoms with van der Waals surface area (Å²) >= 11 is 6.00. The quantitative estimate of drug-likeness (QED) is 0.887. The summed E-state index contributed by atoms with van der Waals surface area (Å²) in [6.07, 6.45) is 0.845. The fourth-order valence-electron chi connectivity index (χ4n) is 1.98. The largest absolute Gasteiger partial charge is 0.496 e. The van der Waals surface area contributed by atoms with Crippen LogP contribution in [-0.4, -0.2) is 13.7 Å². The molecule has 0 aliphatic heterocycles. The SMILES string of the molecule is COc1ccc(Cl)cc1COc1cccc(CCN)c1. The van der Waals surface area contributed by atoms with Crippen molar-refractivity contribution >= 4 is 11.6 Å². The summed E-state index contributed by atoms with van der Waals surface area (Å²) in [5, 5.41) is 0.668. The van der Waals surface area contributed by atoms with Gasteiger partial charge in [0.2, 0.25) is 0 Å². The number of hydrogen-bond donors (Lipinski definition) is 1. The summed E-state index contributed by atoms with van der Waals surface area (Å²) in [5.74, 6) is 1.59. The number of rotatable bonds is 6. The van der Waals surface area contributed by atoms with Crippen molar-refractivity contribution in [3.8, 4) is 11.5 Å². The molecule has 0 unspecified atom stereocenters. The number of benzene rings is 2. The van der Waals surface area contributed by atoms with E-state index in [2.05, 4.69) is 0 Å². The summed E-state index contributed by atoms with van der Waals surface area (Å²) < 4.78 is 11.1. The first kappa shape index (κ1) is 14.7. The van der Waals surface area contributed by atoms with Crippen LogP contribution in [0.4, 0.5) is 0 Å². The third-order valence-corrected chi connectivity index (χ3v) is 3.20. The molecule has 0 aromatic heterocycles. The second-order valence-corrected chi connectivity index (χ2v) is 4.87. The van der Waals surface area contributed by atoms with Crippen molar-refractivity contribution in [3.05, 3.63) is 58.6 Å². The molecule has 0 heterocycles. The molecule has 0 spiro atoms. The van der Waals surface area contributed by atoms with Crippen LogP contribution in [0.3, 0.4) is 0 Å². The Labute approximate surface area is 124 Å². The predicted molar refractivity (Wildman–Crippen MR) is 81.5 cm³/mol. The molecular weight excluding hydrogens is 274 g/mol. The molecule has 106 valence electrons. The van der Waals surface area contributed by atoms with Gasteiger partial charge in [0, 0.05) is 10.6 Å². The minimum absolute atomic E-state index is 0.413. The maximum absolute atomic E-state index is 6.00. The van der Waals surface area contributed by atoms with E-state index >= 15 is 0 Å². The van der Waals surface area contributed by atoms with Gasteiger partial charge in [0.1, 0.15) is 18.1 Å². The average Bonchev–Trinajstić information content (AvgIpc) is 2.46. The van der Waals surface area contributed by atoms with E-state index in [1.807, 2.05) is 36.4 Å². The molecule has 0 fully saturated rings. The third-order valence-electron chi connectivity index (χ3n) is 2.97. The Balaban J connectivity index is 2.08. The molecule has 0 saturated carbocycles. The van der Waals surface area contributed by atoms with Gasteiger partial charge < -0.3 is 15.2 Å². The van der Waals surface area contributed by atoms with Crippen LogP contribution in [0, 0.1) is 0 Å². The van der Waals surface area contributed by atoms with Gasteiger partial charge in [-0.1, -0.05) is 23.7 Å². The van der Waals surface area contributed by atoms with Crippen LogP contribution < -0.4 is 15.2 Å². The minimum Gasteiger partial charge on any atom is -0.496 e. The third kappa shape index (κ3) is 3.89. The highest BCUT2D eigenvalue weighted by Gasteiger charge is 2.05. The van der Waals surface area contributed by atoms with E-state index in [1.165, 1.54) is 5.56 Å². The Bertz CT molecular complexity index is 572. The number of hydrogen-bond acceptors (Lipinski definition) is 3. The van der Waals surface area contributed by atoms with Gasteiger partial charge in [-0.05, 0) is 48.9 Å². The topological polar surface area (TPSA) is 44.5 Å². The molecule has 0 aliphatic rings. The second-order valence-electron chi connectivity index (χ2n) is 4.43. The van der Waals surface area contributed by atoms with Crippen molar-refractivity contribution in [2.45, 2.75) is 13.0 Å². The first-order chi connectivity index (χ1) is 9.72. The molecule has 3 nitrogen and oxygen atoms in total. The van der Waals surface area contributed by atoms with E-state index in [-0.39, 0.29) is 0 Å². The summed E-state index contributed by atoms with van der Waals surface area (Å²) in [6, 6.07) is 13.4. The smallest absolute Gasteiger partial charge is 0.125 e. The molecule has 4 heteroatoms. The van der Waals surface area contributed by atoms with Gasteiger partial charge in [-0.3, -0.25) is 0 Å². The number of ether oxygens (including phenoxy) is 2. The minimum atomic E-state index is 0.413. The fourth-order valence-corrected chi connectivity index (χ4v) is 2.17. The lowest BCUT2D eigenvalue weighted by Crippen LogP contribution is -2.03. The van der Waals surface area contributed by atoms with Crippen LogP contribution in [0.25, 0.3) is 0 Å². The Morgan fingerprint density at radius 3 is 2.75 bits per heavy atom. The van der Waals surface area contributed by atoms with Crippen molar-refractivity contribution in [2.24, 2.45) is 5.73 Å². The Morgan fingerprint density at radius 2 is 2.00 bits per heavy atom. The summed E-state index contributed by atoms with van der Waals surface area (Å²) in [6.45, 7) is 1.04. The average molecular weight is 292 g/mol. The lowest BCUT2D eigenvalue weighted by molar-refractivity contribution is 0.296. The molecule has 2 aromatic rings. The normalized spacial score (nSPS) is 10.3. The van der Waals surface area contributed by atoms with Gasteiger partial charge in [-0.2, -0.15) is 0 Å². The van der Waals surface area contributed by atoms with E-state index in [0.29, 0.717) is 18.2 Å². The highest BCUT2D eigenvalue weighted by Crippen LogP contribution is 2.24. The monoisotopic (exact) mass is 291 g/mol. The Hall–Kier alpha value is -1.71. The molecule has 0 aliphatic carbocycles. The zero-order valence-electron chi connectivity index (χ0n) is 11.4. The molecular formula is C16H18ClNO2. The summed E-state index contributed by atoms with van der Waals surface area (Å²) in [5.41, 5.74) is 7.65. The number of methoxy groups -OCH3 is 1. The maximum atomic E-state index is 6.00. The van der Waals surface area contributed by atoms with Crippen molar-refractivity contribution < 1.29 is 9.47 Å². The highest BCUT2D eigenvalue weighted by atomic mass is 35.5. The molecule has 0 bridgehead atoms. The van der Waals surface area contributed by atoms with Crippen molar-refractivity contribution in [2.75, 3.05) is 13.7 Å². The molecule has 0 radical (unpaired) electrons. The van der Waals surface area contributed by atoms with Gasteiger partial charge >= 0.3 is 0 Å². The number of halogens is 1. The predicted octanol–water partition coefficient (Wildman–Crippen LogP) is 3.43. The molecule has 2 N–H and O–H groups in total. The molecule has 20 heavy (non-hydrogen) atoms. The lowest BCUT2D eigenvalue weighted by atomic mass is 10.1. The zero-order chi connectivity index (χ0) is 14.4. The van der Waals surface area contributed by atoms with E-state index in [9.17, 15) is 0 Å². The van der Waals surface area contributed by atoms with Gasteiger partial charge in [0.25, 0.3) is 0 Å². The zero-order valence-corrected chi connectivity index (χ0v) is 12.2. The maximum Gasteiger partial charge on any atom is 0.125 e. The molecule has 2 rings (SSSR count). The van der Waals surface area contributed by atoms with Crippen LogP contribution in [-0.2, 0) is 13.0 Å². The Kier molecular flexibility index (Phi) is 5.27. The molecule has 0 saturated heterocycles. The summed E-state index contributed by atoms with van der Waals surface area (Å²) in [4.78, 5) is 0. The first-order valence-corrected chi connectivity index (χ1v) is 6.85. The van der Waals surface area contributed by atoms with E-state index in [4.69, 9.17) is 26.8 Å². The van der Waals surface area contributed by atoms with E-state index in [0.717, 1.165) is 23.5 Å². The van der Waals surface area contributed by atoms with Crippen molar-refractivity contribution in [3.63, 3.8) is 0 Å². The van der Waals surface area contributed by atoms with Gasteiger partial charge in [0.15, 0.2) is 0 Å². The standard InChI is InChI=1S/C16H18ClNO2/c1-19-16-6-5-14(17)10-13(16)11-20-15-4-2-3-12(9-15)7-8-18/h2-6,9-10H,7-8,11,18H2,1H3. The Morgan fingerprint density at radius 1 is 1.15 bits per heavy atom. The van der Waals surface area contributed by atoms with E-state index < -0.39 is 0 Å². The van der Waals surface area contributed by atoms with Crippen LogP contribution in [0.2, 0.25) is 5.02 Å². The van der Waals surface area contributed by atoms with Gasteiger partial charge in [-0.25, -0.2) is 0 Å². The summed E-state index contributed by atoms with van der Waals surface area (Å²) in [7, 11) is 1.63. The van der Waals surface area contributed by atoms with Crippen molar-refractivity contribution in [1.82, 2.24) is 0 Å². The van der Waals surface area contributed by atoms with Gasteiger partial charge in [-0.15, -0.1) is 0 Å². The highest BCUT2D eigenvalue weighted by molar-refractivity contribution is 6.30. The second kappa shape index (κ2) is 7.17.